The Balaban J connectivity index is 2.20. The van der Waals surface area contributed by atoms with Crippen LogP contribution < -0.4 is 14.4 Å². The van der Waals surface area contributed by atoms with E-state index in [-0.39, 0.29) is 37.2 Å². The van der Waals surface area contributed by atoms with E-state index >= 15 is 0 Å². The summed E-state index contributed by atoms with van der Waals surface area (Å²) in [5.74, 6) is 0.562. The van der Waals surface area contributed by atoms with Gasteiger partial charge >= 0.3 is 0 Å². The molecule has 0 aliphatic rings. The van der Waals surface area contributed by atoms with Gasteiger partial charge in [-0.15, -0.1) is 0 Å². The number of nitrogens with one attached hydrogen (secondary N) is 1. The molecule has 0 bridgehead atoms. The smallest absolute Gasteiger partial charge is 0.242 e. The number of benzene rings is 2. The predicted octanol–water partition coefficient (Wildman–Crippen LogP) is 4.05. The highest BCUT2D eigenvalue weighted by Gasteiger charge is 2.27. The van der Waals surface area contributed by atoms with Crippen LogP contribution >= 0.6 is 0 Å². The van der Waals surface area contributed by atoms with E-state index < -0.39 is 16.1 Å². The minimum absolute atomic E-state index is 0.106. The first kappa shape index (κ1) is 30.2. The normalized spacial score (nSPS) is 12.2. The second-order valence-corrected chi connectivity index (χ2v) is 11.8. The number of nitrogens with zero attached hydrogens (tertiary/aromatic N) is 2. The molecule has 2 rings (SSSR count). The number of sulfonamides is 1. The molecule has 1 N–H and O–H groups in total. The number of rotatable bonds is 13. The fraction of sp³-hybridized carbons (Fsp3) is 0.500. The van der Waals surface area contributed by atoms with Gasteiger partial charge in [0.15, 0.2) is 0 Å². The molecule has 0 saturated carbocycles. The van der Waals surface area contributed by atoms with Crippen LogP contribution in [0.2, 0.25) is 0 Å². The van der Waals surface area contributed by atoms with Crippen molar-refractivity contribution in [1.29, 1.82) is 0 Å². The Kier molecular flexibility index (Phi) is 11.0. The van der Waals surface area contributed by atoms with Gasteiger partial charge < -0.3 is 15.0 Å². The highest BCUT2D eigenvalue weighted by Crippen LogP contribution is 2.25. The molecule has 37 heavy (non-hydrogen) atoms. The van der Waals surface area contributed by atoms with E-state index in [1.54, 1.807) is 18.9 Å². The molecule has 0 unspecified atom stereocenters. The summed E-state index contributed by atoms with van der Waals surface area (Å²) in [5.41, 5.74) is 3.29. The highest BCUT2D eigenvalue weighted by atomic mass is 32.2. The molecular formula is C28H41N3O5S. The predicted molar refractivity (Wildman–Crippen MR) is 148 cm³/mol. The largest absolute Gasteiger partial charge is 0.497 e. The number of hydrogen-bond donors (Lipinski definition) is 1. The van der Waals surface area contributed by atoms with E-state index in [1.165, 1.54) is 10.6 Å². The Bertz CT molecular complexity index is 1160. The number of aryl methyl sites for hydroxylation is 2. The van der Waals surface area contributed by atoms with Crippen molar-refractivity contribution in [3.05, 3.63) is 59.2 Å². The Morgan fingerprint density at radius 2 is 1.68 bits per heavy atom. The second kappa shape index (κ2) is 13.5. The third-order valence-electron chi connectivity index (χ3n) is 6.15. The molecule has 8 nitrogen and oxygen atoms in total. The van der Waals surface area contributed by atoms with E-state index in [0.717, 1.165) is 16.7 Å². The molecular weight excluding hydrogens is 490 g/mol. The molecule has 0 fully saturated rings. The van der Waals surface area contributed by atoms with Crippen LogP contribution in [0.4, 0.5) is 5.69 Å². The lowest BCUT2D eigenvalue weighted by atomic mass is 10.1. The maximum Gasteiger partial charge on any atom is 0.242 e. The van der Waals surface area contributed by atoms with Crippen molar-refractivity contribution in [3.8, 4) is 5.75 Å². The average molecular weight is 532 g/mol. The van der Waals surface area contributed by atoms with Gasteiger partial charge in [0.2, 0.25) is 21.8 Å². The van der Waals surface area contributed by atoms with Gasteiger partial charge in [0, 0.05) is 26.1 Å². The number of hydrogen-bond acceptors (Lipinski definition) is 5. The first-order valence-corrected chi connectivity index (χ1v) is 14.4. The van der Waals surface area contributed by atoms with Crippen molar-refractivity contribution >= 4 is 27.5 Å². The fourth-order valence-corrected chi connectivity index (χ4v) is 4.95. The SMILES string of the molecule is COc1ccc(CN(C(=O)CCCN(c2cc(C)ccc2C)S(C)(=O)=O)[C@@H](C)C(=O)NCC(C)C)cc1. The second-order valence-electron chi connectivity index (χ2n) is 9.91. The van der Waals surface area contributed by atoms with Crippen LogP contribution in [-0.4, -0.2) is 57.6 Å². The molecule has 0 saturated heterocycles. The fourth-order valence-electron chi connectivity index (χ4n) is 3.93. The van der Waals surface area contributed by atoms with Gasteiger partial charge in [-0.2, -0.15) is 0 Å². The Morgan fingerprint density at radius 3 is 2.24 bits per heavy atom. The summed E-state index contributed by atoms with van der Waals surface area (Å²) in [5, 5.41) is 2.91. The third-order valence-corrected chi connectivity index (χ3v) is 7.33. The zero-order valence-corrected chi connectivity index (χ0v) is 23.9. The molecule has 2 aromatic rings. The van der Waals surface area contributed by atoms with Crippen LogP contribution in [0.1, 0.15) is 50.3 Å². The Hall–Kier alpha value is -3.07. The first-order chi connectivity index (χ1) is 17.3. The van der Waals surface area contributed by atoms with Crippen molar-refractivity contribution in [2.75, 3.05) is 30.8 Å². The van der Waals surface area contributed by atoms with Gasteiger partial charge in [0.1, 0.15) is 11.8 Å². The standard InChI is InChI=1S/C28H41N3O5S/c1-20(2)18-29-28(33)23(5)30(19-24-12-14-25(36-6)15-13-24)27(32)9-8-16-31(37(7,34)35)26-17-21(3)10-11-22(26)4/h10-15,17,20,23H,8-9,16,18-19H2,1-7H3,(H,29,33)/t23-/m0/s1. The number of carbonyl (C=O) groups is 2. The minimum Gasteiger partial charge on any atom is -0.497 e. The average Bonchev–Trinajstić information content (AvgIpc) is 2.84. The quantitative estimate of drug-likeness (QED) is 0.421. The van der Waals surface area contributed by atoms with Crippen molar-refractivity contribution < 1.29 is 22.7 Å². The summed E-state index contributed by atoms with van der Waals surface area (Å²) in [7, 11) is -1.96. The molecule has 2 amide bonds. The Morgan fingerprint density at radius 1 is 1.03 bits per heavy atom. The maximum absolute atomic E-state index is 13.4. The van der Waals surface area contributed by atoms with Gasteiger partial charge in [0.25, 0.3) is 0 Å². The maximum atomic E-state index is 13.4. The zero-order valence-electron chi connectivity index (χ0n) is 23.1. The summed E-state index contributed by atoms with van der Waals surface area (Å²) >= 11 is 0. The first-order valence-electron chi connectivity index (χ1n) is 12.6. The molecule has 0 spiro atoms. The molecule has 0 aliphatic heterocycles. The minimum atomic E-state index is -3.54. The van der Waals surface area contributed by atoms with Crippen LogP contribution in [0.3, 0.4) is 0 Å². The van der Waals surface area contributed by atoms with Gasteiger partial charge in [-0.3, -0.25) is 13.9 Å². The Labute approximate surface area is 222 Å². The number of amides is 2. The van der Waals surface area contributed by atoms with Crippen molar-refractivity contribution in [3.63, 3.8) is 0 Å². The van der Waals surface area contributed by atoms with Crippen LogP contribution in [0.5, 0.6) is 5.75 Å². The van der Waals surface area contributed by atoms with E-state index in [1.807, 2.05) is 70.2 Å². The summed E-state index contributed by atoms with van der Waals surface area (Å²) in [6.45, 7) is 10.5. The summed E-state index contributed by atoms with van der Waals surface area (Å²) in [6, 6.07) is 12.3. The molecule has 2 aromatic carbocycles. The topological polar surface area (TPSA) is 96.0 Å². The molecule has 204 valence electrons. The highest BCUT2D eigenvalue weighted by molar-refractivity contribution is 7.92. The van der Waals surface area contributed by atoms with Crippen LogP contribution in [0, 0.1) is 19.8 Å². The van der Waals surface area contributed by atoms with Crippen molar-refractivity contribution in [1.82, 2.24) is 10.2 Å². The van der Waals surface area contributed by atoms with E-state index in [9.17, 15) is 18.0 Å². The van der Waals surface area contributed by atoms with Crippen molar-refractivity contribution in [2.45, 2.75) is 60.0 Å². The number of carbonyl (C=O) groups excluding carboxylic acids is 2. The summed E-state index contributed by atoms with van der Waals surface area (Å²) < 4.78 is 31.8. The van der Waals surface area contributed by atoms with E-state index in [0.29, 0.717) is 24.4 Å². The number of ether oxygens (including phenoxy) is 1. The molecule has 1 atom stereocenters. The third kappa shape index (κ3) is 9.07. The molecule has 0 radical (unpaired) electrons. The van der Waals surface area contributed by atoms with Gasteiger partial charge in [-0.25, -0.2) is 8.42 Å². The van der Waals surface area contributed by atoms with E-state index in [2.05, 4.69) is 5.32 Å². The van der Waals surface area contributed by atoms with Crippen LogP contribution in [0.15, 0.2) is 42.5 Å². The van der Waals surface area contributed by atoms with Gasteiger partial charge in [0.05, 0.1) is 19.1 Å². The summed E-state index contributed by atoms with van der Waals surface area (Å²) in [4.78, 5) is 27.8. The van der Waals surface area contributed by atoms with Crippen molar-refractivity contribution in [2.24, 2.45) is 5.92 Å². The van der Waals surface area contributed by atoms with Gasteiger partial charge in [-0.05, 0) is 68.0 Å². The molecule has 9 heteroatoms. The van der Waals surface area contributed by atoms with Gasteiger partial charge in [-0.1, -0.05) is 38.1 Å². The van der Waals surface area contributed by atoms with E-state index in [4.69, 9.17) is 4.74 Å². The monoisotopic (exact) mass is 531 g/mol. The number of methoxy groups -OCH3 is 1. The summed E-state index contributed by atoms with van der Waals surface area (Å²) in [6.07, 6.45) is 1.60. The molecule has 0 aliphatic carbocycles. The number of anilines is 1. The lowest BCUT2D eigenvalue weighted by Gasteiger charge is -2.30. The zero-order chi connectivity index (χ0) is 27.8. The lowest BCUT2D eigenvalue weighted by molar-refractivity contribution is -0.140. The molecule has 0 heterocycles. The lowest BCUT2D eigenvalue weighted by Crippen LogP contribution is -2.48. The van der Waals surface area contributed by atoms with Crippen LogP contribution in [0.25, 0.3) is 0 Å². The molecule has 0 aromatic heterocycles. The van der Waals surface area contributed by atoms with Crippen LogP contribution in [-0.2, 0) is 26.2 Å².